The van der Waals surface area contributed by atoms with Crippen molar-refractivity contribution in [2.45, 2.75) is 26.3 Å². The summed E-state index contributed by atoms with van der Waals surface area (Å²) in [6, 6.07) is 7.24. The van der Waals surface area contributed by atoms with Crippen LogP contribution in [0.3, 0.4) is 0 Å². The maximum absolute atomic E-state index is 12.3. The summed E-state index contributed by atoms with van der Waals surface area (Å²) in [5, 5.41) is 0.594. The van der Waals surface area contributed by atoms with E-state index in [2.05, 4.69) is 10.4 Å². The van der Waals surface area contributed by atoms with E-state index >= 15 is 0 Å². The fraction of sp³-hybridized carbons (Fsp3) is 0.308. The molecule has 0 fully saturated rings. The SMILES string of the molecule is Cc1nc2ccccc2c(=O)n1CCCC(=O)NN. The average molecular weight is 260 g/mol. The van der Waals surface area contributed by atoms with Gasteiger partial charge in [-0.2, -0.15) is 0 Å². The van der Waals surface area contributed by atoms with Gasteiger partial charge in [-0.05, 0) is 25.5 Å². The zero-order chi connectivity index (χ0) is 13.8. The quantitative estimate of drug-likeness (QED) is 0.475. The summed E-state index contributed by atoms with van der Waals surface area (Å²) in [5.74, 6) is 5.42. The Hall–Kier alpha value is -2.21. The van der Waals surface area contributed by atoms with E-state index in [-0.39, 0.29) is 17.9 Å². The molecule has 0 aliphatic rings. The smallest absolute Gasteiger partial charge is 0.261 e. The molecule has 1 heterocycles. The molecule has 1 amide bonds. The number of hydrazine groups is 1. The summed E-state index contributed by atoms with van der Waals surface area (Å²) in [5.41, 5.74) is 2.69. The lowest BCUT2D eigenvalue weighted by atomic mass is 10.2. The maximum atomic E-state index is 12.3. The van der Waals surface area contributed by atoms with Crippen LogP contribution < -0.4 is 16.8 Å². The molecule has 0 saturated heterocycles. The summed E-state index contributed by atoms with van der Waals surface area (Å²) in [4.78, 5) is 27.7. The number of carbonyl (C=O) groups is 1. The fourth-order valence-corrected chi connectivity index (χ4v) is 2.01. The molecule has 6 heteroatoms. The Morgan fingerprint density at radius 2 is 2.16 bits per heavy atom. The van der Waals surface area contributed by atoms with E-state index in [1.165, 1.54) is 0 Å². The zero-order valence-corrected chi connectivity index (χ0v) is 10.7. The van der Waals surface area contributed by atoms with Crippen LogP contribution in [0.2, 0.25) is 0 Å². The number of para-hydroxylation sites is 1. The van der Waals surface area contributed by atoms with Crippen molar-refractivity contribution >= 4 is 16.8 Å². The van der Waals surface area contributed by atoms with Crippen molar-refractivity contribution in [1.82, 2.24) is 15.0 Å². The topological polar surface area (TPSA) is 90.0 Å². The van der Waals surface area contributed by atoms with Gasteiger partial charge in [0.1, 0.15) is 5.82 Å². The Morgan fingerprint density at radius 1 is 1.42 bits per heavy atom. The molecule has 3 N–H and O–H groups in total. The number of aryl methyl sites for hydroxylation is 1. The second-order valence-corrected chi connectivity index (χ2v) is 4.30. The Morgan fingerprint density at radius 3 is 2.89 bits per heavy atom. The number of aromatic nitrogens is 2. The second-order valence-electron chi connectivity index (χ2n) is 4.30. The van der Waals surface area contributed by atoms with Crippen LogP contribution in [0, 0.1) is 6.92 Å². The third-order valence-electron chi connectivity index (χ3n) is 3.00. The number of hydrogen-bond donors (Lipinski definition) is 2. The number of nitrogens with zero attached hydrogens (tertiary/aromatic N) is 2. The lowest BCUT2D eigenvalue weighted by Gasteiger charge is -2.10. The number of benzene rings is 1. The highest BCUT2D eigenvalue weighted by molar-refractivity contribution is 5.77. The molecule has 2 aromatic rings. The van der Waals surface area contributed by atoms with Gasteiger partial charge in [0, 0.05) is 13.0 Å². The highest BCUT2D eigenvalue weighted by Gasteiger charge is 2.08. The first kappa shape index (κ1) is 13.2. The summed E-state index contributed by atoms with van der Waals surface area (Å²) in [6.45, 7) is 2.24. The van der Waals surface area contributed by atoms with Gasteiger partial charge < -0.3 is 0 Å². The minimum Gasteiger partial charge on any atom is -0.296 e. The van der Waals surface area contributed by atoms with Crippen molar-refractivity contribution in [3.63, 3.8) is 0 Å². The zero-order valence-electron chi connectivity index (χ0n) is 10.7. The van der Waals surface area contributed by atoms with Crippen molar-refractivity contribution in [3.05, 3.63) is 40.4 Å². The maximum Gasteiger partial charge on any atom is 0.261 e. The summed E-state index contributed by atoms with van der Waals surface area (Å²) in [7, 11) is 0. The Balaban J connectivity index is 2.28. The third-order valence-corrected chi connectivity index (χ3v) is 3.00. The van der Waals surface area contributed by atoms with Crippen LogP contribution in [0.25, 0.3) is 10.9 Å². The van der Waals surface area contributed by atoms with Crippen LogP contribution in [0.5, 0.6) is 0 Å². The minimum absolute atomic E-state index is 0.0729. The van der Waals surface area contributed by atoms with Crippen molar-refractivity contribution in [3.8, 4) is 0 Å². The predicted octanol–water partition coefficient (Wildman–Crippen LogP) is 0.475. The van der Waals surface area contributed by atoms with Gasteiger partial charge >= 0.3 is 0 Å². The molecule has 2 rings (SSSR count). The largest absolute Gasteiger partial charge is 0.296 e. The molecule has 0 radical (unpaired) electrons. The molecule has 0 unspecified atom stereocenters. The number of rotatable bonds is 4. The van der Waals surface area contributed by atoms with Crippen LogP contribution in [0.4, 0.5) is 0 Å². The van der Waals surface area contributed by atoms with Crippen molar-refractivity contribution in [2.24, 2.45) is 5.84 Å². The number of nitrogens with two attached hydrogens (primary N) is 1. The first-order chi connectivity index (χ1) is 9.13. The molecule has 19 heavy (non-hydrogen) atoms. The van der Waals surface area contributed by atoms with E-state index in [1.807, 2.05) is 18.2 Å². The van der Waals surface area contributed by atoms with Crippen LogP contribution in [0.15, 0.2) is 29.1 Å². The highest BCUT2D eigenvalue weighted by Crippen LogP contribution is 2.07. The third kappa shape index (κ3) is 2.79. The number of hydrogen-bond acceptors (Lipinski definition) is 4. The minimum atomic E-state index is -0.237. The van der Waals surface area contributed by atoms with Crippen molar-refractivity contribution in [1.29, 1.82) is 0 Å². The van der Waals surface area contributed by atoms with Crippen LogP contribution in [0.1, 0.15) is 18.7 Å². The predicted molar refractivity (Wildman–Crippen MR) is 72.3 cm³/mol. The van der Waals surface area contributed by atoms with Crippen LogP contribution >= 0.6 is 0 Å². The molecule has 0 aliphatic heterocycles. The standard InChI is InChI=1S/C13H16N4O2/c1-9-15-11-6-3-2-5-10(11)13(19)17(9)8-4-7-12(18)16-14/h2-3,5-6H,4,7-8,14H2,1H3,(H,16,18). The van der Waals surface area contributed by atoms with Gasteiger partial charge in [0.15, 0.2) is 0 Å². The average Bonchev–Trinajstić information content (AvgIpc) is 2.42. The molecule has 100 valence electrons. The van der Waals surface area contributed by atoms with Crippen molar-refractivity contribution < 1.29 is 4.79 Å². The van der Waals surface area contributed by atoms with Gasteiger partial charge in [0.2, 0.25) is 5.91 Å². The Labute approximate surface area is 110 Å². The number of fused-ring (bicyclic) bond motifs is 1. The van der Waals surface area contributed by atoms with Crippen LogP contribution in [-0.2, 0) is 11.3 Å². The number of amides is 1. The molecule has 0 spiro atoms. The monoisotopic (exact) mass is 260 g/mol. The van der Waals surface area contributed by atoms with E-state index in [0.717, 1.165) is 0 Å². The van der Waals surface area contributed by atoms with Gasteiger partial charge in [0.05, 0.1) is 10.9 Å². The molecular weight excluding hydrogens is 244 g/mol. The molecule has 0 bridgehead atoms. The van der Waals surface area contributed by atoms with E-state index in [0.29, 0.717) is 29.7 Å². The van der Waals surface area contributed by atoms with E-state index in [9.17, 15) is 9.59 Å². The summed E-state index contributed by atoms with van der Waals surface area (Å²) < 4.78 is 1.59. The van der Waals surface area contributed by atoms with Gasteiger partial charge in [-0.25, -0.2) is 10.8 Å². The molecule has 0 atom stereocenters. The lowest BCUT2D eigenvalue weighted by molar-refractivity contribution is -0.121. The fourth-order valence-electron chi connectivity index (χ4n) is 2.01. The molecular formula is C13H16N4O2. The van der Waals surface area contributed by atoms with E-state index in [4.69, 9.17) is 5.84 Å². The number of nitrogens with one attached hydrogen (secondary N) is 1. The molecule has 0 aliphatic carbocycles. The van der Waals surface area contributed by atoms with Gasteiger partial charge in [-0.3, -0.25) is 19.6 Å². The highest BCUT2D eigenvalue weighted by atomic mass is 16.2. The van der Waals surface area contributed by atoms with Crippen LogP contribution in [-0.4, -0.2) is 15.5 Å². The lowest BCUT2D eigenvalue weighted by Crippen LogP contribution is -2.30. The van der Waals surface area contributed by atoms with Crippen molar-refractivity contribution in [2.75, 3.05) is 0 Å². The molecule has 1 aromatic carbocycles. The summed E-state index contributed by atoms with van der Waals surface area (Å²) >= 11 is 0. The van der Waals surface area contributed by atoms with Gasteiger partial charge in [-0.15, -0.1) is 0 Å². The first-order valence-corrected chi connectivity index (χ1v) is 6.09. The van der Waals surface area contributed by atoms with Gasteiger partial charge in [0.25, 0.3) is 5.56 Å². The first-order valence-electron chi connectivity index (χ1n) is 6.09. The summed E-state index contributed by atoms with van der Waals surface area (Å²) in [6.07, 6.45) is 0.832. The molecule has 0 saturated carbocycles. The second kappa shape index (κ2) is 5.62. The Bertz CT molecular complexity index is 663. The molecule has 1 aromatic heterocycles. The normalized spacial score (nSPS) is 10.6. The van der Waals surface area contributed by atoms with E-state index in [1.54, 1.807) is 17.6 Å². The number of carbonyl (C=O) groups excluding carboxylic acids is 1. The Kier molecular flexibility index (Phi) is 3.91. The van der Waals surface area contributed by atoms with E-state index < -0.39 is 0 Å². The molecule has 6 nitrogen and oxygen atoms in total. The van der Waals surface area contributed by atoms with Gasteiger partial charge in [-0.1, -0.05) is 12.1 Å².